The molecule has 1 aliphatic rings. The van der Waals surface area contributed by atoms with Crippen molar-refractivity contribution in [3.63, 3.8) is 0 Å². The summed E-state index contributed by atoms with van der Waals surface area (Å²) in [6.07, 6.45) is 0.525. The smallest absolute Gasteiger partial charge is 0.314 e. The SMILES string of the molecule is CC(=N)N.O=C1CCC(=O)O1. The van der Waals surface area contributed by atoms with E-state index in [4.69, 9.17) is 11.1 Å². The quantitative estimate of drug-likeness (QED) is 0.221. The molecule has 5 heteroatoms. The van der Waals surface area contributed by atoms with Crippen molar-refractivity contribution in [2.75, 3.05) is 0 Å². The average Bonchev–Trinajstić information content (AvgIpc) is 2.13. The van der Waals surface area contributed by atoms with Gasteiger partial charge in [-0.1, -0.05) is 0 Å². The highest BCUT2D eigenvalue weighted by Crippen LogP contribution is 2.03. The van der Waals surface area contributed by atoms with Crippen molar-refractivity contribution in [2.24, 2.45) is 5.73 Å². The number of amidine groups is 1. The summed E-state index contributed by atoms with van der Waals surface area (Å²) in [5.41, 5.74) is 4.69. The van der Waals surface area contributed by atoms with Crippen molar-refractivity contribution >= 4 is 17.8 Å². The first-order chi connectivity index (χ1) is 5.02. The Morgan fingerprint density at radius 1 is 1.45 bits per heavy atom. The van der Waals surface area contributed by atoms with Gasteiger partial charge in [0.1, 0.15) is 0 Å². The molecule has 0 amide bonds. The Balaban J connectivity index is 0.000000218. The number of ether oxygens (including phenoxy) is 1. The van der Waals surface area contributed by atoms with Crippen molar-refractivity contribution in [3.05, 3.63) is 0 Å². The van der Waals surface area contributed by atoms with E-state index in [0.29, 0.717) is 0 Å². The number of hydrogen-bond acceptors (Lipinski definition) is 4. The number of carbonyl (C=O) groups is 2. The van der Waals surface area contributed by atoms with Crippen LogP contribution in [0.3, 0.4) is 0 Å². The van der Waals surface area contributed by atoms with E-state index in [-0.39, 0.29) is 18.7 Å². The highest BCUT2D eigenvalue weighted by atomic mass is 16.6. The lowest BCUT2D eigenvalue weighted by Crippen LogP contribution is -2.00. The van der Waals surface area contributed by atoms with Gasteiger partial charge in [-0.2, -0.15) is 0 Å². The van der Waals surface area contributed by atoms with Crippen LogP contribution in [0.25, 0.3) is 0 Å². The number of esters is 2. The predicted molar refractivity (Wildman–Crippen MR) is 37.9 cm³/mol. The van der Waals surface area contributed by atoms with Crippen molar-refractivity contribution in [1.82, 2.24) is 0 Å². The highest BCUT2D eigenvalue weighted by molar-refractivity contribution is 5.92. The monoisotopic (exact) mass is 158 g/mol. The Bertz CT molecular complexity index is 170. The summed E-state index contributed by atoms with van der Waals surface area (Å²) in [6, 6.07) is 0. The fourth-order valence-corrected chi connectivity index (χ4v) is 0.433. The zero-order valence-corrected chi connectivity index (χ0v) is 6.22. The van der Waals surface area contributed by atoms with Gasteiger partial charge in [0, 0.05) is 0 Å². The molecule has 0 radical (unpaired) electrons. The normalized spacial score (nSPS) is 15.0. The molecule has 0 aromatic carbocycles. The maximum atomic E-state index is 10.0. The number of cyclic esters (lactones) is 2. The molecule has 1 heterocycles. The summed E-state index contributed by atoms with van der Waals surface area (Å²) in [5.74, 6) is -0.630. The lowest BCUT2D eigenvalue weighted by atomic mass is 10.4. The largest absolute Gasteiger partial charge is 0.393 e. The molecule has 0 aromatic rings. The molecule has 1 rings (SSSR count). The maximum Gasteiger partial charge on any atom is 0.314 e. The second-order valence-electron chi connectivity index (χ2n) is 2.03. The van der Waals surface area contributed by atoms with Crippen molar-refractivity contribution in [3.8, 4) is 0 Å². The van der Waals surface area contributed by atoms with Crippen molar-refractivity contribution in [1.29, 1.82) is 5.41 Å². The summed E-state index contributed by atoms with van der Waals surface area (Å²) in [6.45, 7) is 1.53. The lowest BCUT2D eigenvalue weighted by Gasteiger charge is -1.79. The third-order valence-corrected chi connectivity index (χ3v) is 0.761. The number of nitrogens with one attached hydrogen (secondary N) is 1. The number of nitrogens with two attached hydrogens (primary N) is 1. The molecule has 0 saturated carbocycles. The third kappa shape index (κ3) is 6.50. The molecule has 0 aromatic heterocycles. The minimum atomic E-state index is -0.398. The standard InChI is InChI=1S/C4H4O3.C2H6N2/c5-3-1-2-4(6)7-3;1-2(3)4/h1-2H2;1H3,(H3,3,4). The van der Waals surface area contributed by atoms with Crippen LogP contribution in [-0.4, -0.2) is 17.8 Å². The van der Waals surface area contributed by atoms with Gasteiger partial charge in [-0.05, 0) is 6.92 Å². The molecule has 0 spiro atoms. The minimum Gasteiger partial charge on any atom is -0.393 e. The highest BCUT2D eigenvalue weighted by Gasteiger charge is 2.19. The van der Waals surface area contributed by atoms with Gasteiger partial charge >= 0.3 is 11.9 Å². The van der Waals surface area contributed by atoms with E-state index in [1.807, 2.05) is 0 Å². The molecule has 1 aliphatic heterocycles. The fraction of sp³-hybridized carbons (Fsp3) is 0.500. The first kappa shape index (κ1) is 9.61. The van der Waals surface area contributed by atoms with Crippen molar-refractivity contribution < 1.29 is 14.3 Å². The van der Waals surface area contributed by atoms with Crippen LogP contribution in [0, 0.1) is 5.41 Å². The van der Waals surface area contributed by atoms with E-state index in [1.54, 1.807) is 0 Å². The molecule has 62 valence electrons. The Morgan fingerprint density at radius 2 is 1.73 bits per heavy atom. The van der Waals surface area contributed by atoms with Crippen LogP contribution in [0.4, 0.5) is 0 Å². The molecule has 3 N–H and O–H groups in total. The van der Waals surface area contributed by atoms with Crippen LogP contribution in [0.15, 0.2) is 0 Å². The molecule has 11 heavy (non-hydrogen) atoms. The summed E-state index contributed by atoms with van der Waals surface area (Å²) >= 11 is 0. The van der Waals surface area contributed by atoms with Crippen LogP contribution in [0.2, 0.25) is 0 Å². The molecule has 0 atom stereocenters. The third-order valence-electron chi connectivity index (χ3n) is 0.761. The molecular formula is C6H10N2O3. The summed E-state index contributed by atoms with van der Waals surface area (Å²) in [7, 11) is 0. The molecule has 0 aliphatic carbocycles. The topological polar surface area (TPSA) is 93.2 Å². The van der Waals surface area contributed by atoms with Gasteiger partial charge < -0.3 is 10.5 Å². The molecule has 0 bridgehead atoms. The number of rotatable bonds is 0. The van der Waals surface area contributed by atoms with Crippen molar-refractivity contribution in [2.45, 2.75) is 19.8 Å². The minimum absolute atomic E-state index is 0.167. The fourth-order valence-electron chi connectivity index (χ4n) is 0.433. The molecule has 1 fully saturated rings. The van der Waals surface area contributed by atoms with E-state index >= 15 is 0 Å². The Kier molecular flexibility index (Phi) is 3.87. The molecule has 5 nitrogen and oxygen atoms in total. The molecule has 0 unspecified atom stereocenters. The van der Waals surface area contributed by atoms with Gasteiger partial charge in [0.25, 0.3) is 0 Å². The predicted octanol–water partition coefficient (Wildman–Crippen LogP) is -0.208. The summed E-state index contributed by atoms with van der Waals surface area (Å²) < 4.78 is 4.08. The second kappa shape index (κ2) is 4.43. The van der Waals surface area contributed by atoms with Gasteiger partial charge in [-0.15, -0.1) is 0 Å². The van der Waals surface area contributed by atoms with Crippen LogP contribution >= 0.6 is 0 Å². The number of hydrogen-bond donors (Lipinski definition) is 2. The van der Waals surface area contributed by atoms with E-state index < -0.39 is 11.9 Å². The molecule has 1 saturated heterocycles. The van der Waals surface area contributed by atoms with Gasteiger partial charge in [-0.3, -0.25) is 15.0 Å². The summed E-state index contributed by atoms with van der Waals surface area (Å²) in [5, 5.41) is 6.28. The van der Waals surface area contributed by atoms with E-state index in [9.17, 15) is 9.59 Å². The van der Waals surface area contributed by atoms with Crippen LogP contribution in [0.1, 0.15) is 19.8 Å². The van der Waals surface area contributed by atoms with E-state index in [2.05, 4.69) is 4.74 Å². The first-order valence-electron chi connectivity index (χ1n) is 3.06. The van der Waals surface area contributed by atoms with Gasteiger partial charge in [0.2, 0.25) is 0 Å². The van der Waals surface area contributed by atoms with Crippen LogP contribution in [0.5, 0.6) is 0 Å². The maximum absolute atomic E-state index is 10.0. The zero-order chi connectivity index (χ0) is 8.85. The van der Waals surface area contributed by atoms with E-state index in [1.165, 1.54) is 6.92 Å². The Hall–Kier alpha value is -1.39. The Labute approximate surface area is 64.0 Å². The van der Waals surface area contributed by atoms with Gasteiger partial charge in [0.15, 0.2) is 0 Å². The molecular weight excluding hydrogens is 148 g/mol. The first-order valence-corrected chi connectivity index (χ1v) is 3.06. The lowest BCUT2D eigenvalue weighted by molar-refractivity contribution is -0.151. The average molecular weight is 158 g/mol. The second-order valence-corrected chi connectivity index (χ2v) is 2.03. The van der Waals surface area contributed by atoms with Crippen LogP contribution < -0.4 is 5.73 Å². The van der Waals surface area contributed by atoms with E-state index in [0.717, 1.165) is 0 Å². The van der Waals surface area contributed by atoms with Gasteiger partial charge in [-0.25, -0.2) is 0 Å². The summed E-state index contributed by atoms with van der Waals surface area (Å²) in [4.78, 5) is 20.0. The Morgan fingerprint density at radius 3 is 1.82 bits per heavy atom. The zero-order valence-electron chi connectivity index (χ0n) is 6.22. The number of carbonyl (C=O) groups excluding carboxylic acids is 2. The van der Waals surface area contributed by atoms with Crippen LogP contribution in [-0.2, 0) is 14.3 Å². The van der Waals surface area contributed by atoms with Gasteiger partial charge in [0.05, 0.1) is 18.7 Å².